The first-order chi connectivity index (χ1) is 7.19. The summed E-state index contributed by atoms with van der Waals surface area (Å²) in [6.45, 7) is 0. The molecule has 0 aliphatic heterocycles. The van der Waals surface area contributed by atoms with Gasteiger partial charge in [0.2, 0.25) is 0 Å². The number of benzene rings is 1. The van der Waals surface area contributed by atoms with Crippen molar-refractivity contribution in [1.29, 1.82) is 0 Å². The third-order valence-corrected chi connectivity index (χ3v) is 1.86. The summed E-state index contributed by atoms with van der Waals surface area (Å²) in [5, 5.41) is 1.93. The van der Waals surface area contributed by atoms with Gasteiger partial charge < -0.3 is 0 Å². The maximum absolute atomic E-state index is 13.3. The summed E-state index contributed by atoms with van der Waals surface area (Å²) in [6, 6.07) is 4.29. The number of amides is 1. The molecule has 1 rings (SSSR count). The van der Waals surface area contributed by atoms with Crippen LogP contribution in [-0.2, 0) is 11.2 Å². The van der Waals surface area contributed by atoms with Crippen molar-refractivity contribution in [2.24, 2.45) is 4.99 Å². The van der Waals surface area contributed by atoms with Crippen molar-refractivity contribution in [2.45, 2.75) is 6.42 Å². The number of rotatable bonds is 2. The molecule has 0 heterocycles. The molecule has 1 aromatic carbocycles. The number of halogens is 1. The molecule has 0 saturated carbocycles. The first-order valence-electron chi connectivity index (χ1n) is 4.03. The fraction of sp³-hybridized carbons (Fsp3) is 0.0909. The summed E-state index contributed by atoms with van der Waals surface area (Å²) in [6.07, 6.45) is 4.98. The minimum absolute atomic E-state index is 0.166. The van der Waals surface area contributed by atoms with Crippen molar-refractivity contribution >= 4 is 23.3 Å². The van der Waals surface area contributed by atoms with Crippen LogP contribution < -0.4 is 0 Å². The second-order valence-electron chi connectivity index (χ2n) is 2.68. The van der Waals surface area contributed by atoms with Crippen LogP contribution in [-0.4, -0.2) is 11.1 Å². The zero-order valence-electron chi connectivity index (χ0n) is 7.66. The number of carbonyl (C=O) groups is 1. The third kappa shape index (κ3) is 2.81. The standard InChI is InChI=1S/C11H6FNOS/c1-2-8-4-3-5-10(12)9(8)6-11(14)13-7-15/h1,3-5H,6H2. The van der Waals surface area contributed by atoms with Gasteiger partial charge in [0, 0.05) is 11.1 Å². The molecule has 0 unspecified atom stereocenters. The Balaban J connectivity index is 3.09. The minimum Gasteiger partial charge on any atom is -0.271 e. The predicted molar refractivity (Wildman–Crippen MR) is 58.1 cm³/mol. The molecule has 0 fully saturated rings. The number of thiocarbonyl (C=S) groups is 1. The molecule has 4 heteroatoms. The van der Waals surface area contributed by atoms with Crippen LogP contribution in [0.2, 0.25) is 0 Å². The summed E-state index contributed by atoms with van der Waals surface area (Å²) >= 11 is 4.27. The van der Waals surface area contributed by atoms with Gasteiger partial charge in [-0.2, -0.15) is 4.99 Å². The van der Waals surface area contributed by atoms with Gasteiger partial charge in [0.05, 0.1) is 11.6 Å². The van der Waals surface area contributed by atoms with Crippen LogP contribution in [0.1, 0.15) is 11.1 Å². The highest BCUT2D eigenvalue weighted by molar-refractivity contribution is 7.78. The summed E-state index contributed by atoms with van der Waals surface area (Å²) < 4.78 is 13.3. The van der Waals surface area contributed by atoms with Gasteiger partial charge in [0.25, 0.3) is 5.91 Å². The van der Waals surface area contributed by atoms with Gasteiger partial charge >= 0.3 is 0 Å². The molecule has 0 N–H and O–H groups in total. The molecule has 15 heavy (non-hydrogen) atoms. The number of terminal acetylenes is 1. The second kappa shape index (κ2) is 5.16. The highest BCUT2D eigenvalue weighted by Gasteiger charge is 2.10. The van der Waals surface area contributed by atoms with Gasteiger partial charge in [-0.1, -0.05) is 12.0 Å². The number of aliphatic imine (C=N–C) groups is 1. The average Bonchev–Trinajstić information content (AvgIpc) is 2.21. The lowest BCUT2D eigenvalue weighted by Crippen LogP contribution is -2.03. The lowest BCUT2D eigenvalue weighted by Gasteiger charge is -2.02. The highest BCUT2D eigenvalue weighted by Crippen LogP contribution is 2.13. The lowest BCUT2D eigenvalue weighted by molar-refractivity contribution is -0.117. The maximum Gasteiger partial charge on any atom is 0.259 e. The van der Waals surface area contributed by atoms with E-state index in [9.17, 15) is 9.18 Å². The van der Waals surface area contributed by atoms with Crippen molar-refractivity contribution in [2.75, 3.05) is 0 Å². The van der Waals surface area contributed by atoms with E-state index in [2.05, 4.69) is 23.1 Å². The third-order valence-electron chi connectivity index (χ3n) is 1.77. The topological polar surface area (TPSA) is 29.4 Å². The van der Waals surface area contributed by atoms with Crippen LogP contribution in [0.25, 0.3) is 0 Å². The molecule has 0 spiro atoms. The second-order valence-corrected chi connectivity index (χ2v) is 2.87. The molecule has 0 aliphatic carbocycles. The number of hydrogen-bond donors (Lipinski definition) is 0. The summed E-state index contributed by atoms with van der Waals surface area (Å²) in [4.78, 5) is 14.3. The Hall–Kier alpha value is -1.82. The van der Waals surface area contributed by atoms with Crippen LogP contribution in [0.5, 0.6) is 0 Å². The van der Waals surface area contributed by atoms with E-state index in [0.29, 0.717) is 5.56 Å². The number of carbonyl (C=O) groups excluding carboxylic acids is 1. The minimum atomic E-state index is -0.563. The number of hydrogen-bond acceptors (Lipinski definition) is 2. The first kappa shape index (κ1) is 11.3. The molecular weight excluding hydrogens is 213 g/mol. The zero-order chi connectivity index (χ0) is 11.3. The summed E-state index contributed by atoms with van der Waals surface area (Å²) in [5.41, 5.74) is 0.516. The van der Waals surface area contributed by atoms with E-state index in [1.54, 1.807) is 6.07 Å². The van der Waals surface area contributed by atoms with Crippen molar-refractivity contribution < 1.29 is 9.18 Å². The largest absolute Gasteiger partial charge is 0.271 e. The quantitative estimate of drug-likeness (QED) is 0.432. The molecule has 0 aromatic heterocycles. The molecule has 0 aliphatic rings. The van der Waals surface area contributed by atoms with E-state index in [1.165, 1.54) is 12.1 Å². The fourth-order valence-electron chi connectivity index (χ4n) is 1.12. The number of isothiocyanates is 1. The van der Waals surface area contributed by atoms with Crippen molar-refractivity contribution in [3.05, 3.63) is 35.1 Å². The van der Waals surface area contributed by atoms with E-state index in [0.717, 1.165) is 0 Å². The van der Waals surface area contributed by atoms with E-state index < -0.39 is 11.7 Å². The molecule has 0 atom stereocenters. The van der Waals surface area contributed by atoms with E-state index in [1.807, 2.05) is 5.16 Å². The monoisotopic (exact) mass is 219 g/mol. The fourth-order valence-corrected chi connectivity index (χ4v) is 1.22. The zero-order valence-corrected chi connectivity index (χ0v) is 8.47. The van der Waals surface area contributed by atoms with Crippen LogP contribution in [0.15, 0.2) is 23.2 Å². The molecule has 1 amide bonds. The Kier molecular flexibility index (Phi) is 3.87. The van der Waals surface area contributed by atoms with Crippen LogP contribution >= 0.6 is 12.2 Å². The average molecular weight is 219 g/mol. The van der Waals surface area contributed by atoms with Crippen molar-refractivity contribution in [3.8, 4) is 12.3 Å². The van der Waals surface area contributed by atoms with Gasteiger partial charge in [-0.3, -0.25) is 4.79 Å². The predicted octanol–water partition coefficient (Wildman–Crippen LogP) is 1.98. The molecule has 74 valence electrons. The van der Waals surface area contributed by atoms with Gasteiger partial charge in [0.15, 0.2) is 0 Å². The Bertz CT molecular complexity index is 484. The van der Waals surface area contributed by atoms with Gasteiger partial charge in [-0.05, 0) is 24.4 Å². The van der Waals surface area contributed by atoms with Gasteiger partial charge in [0.1, 0.15) is 5.82 Å². The van der Waals surface area contributed by atoms with E-state index >= 15 is 0 Å². The van der Waals surface area contributed by atoms with Crippen LogP contribution in [0.3, 0.4) is 0 Å². The highest BCUT2D eigenvalue weighted by atomic mass is 32.1. The summed E-state index contributed by atoms with van der Waals surface area (Å²) in [7, 11) is 0. The van der Waals surface area contributed by atoms with Crippen LogP contribution in [0.4, 0.5) is 4.39 Å². The SMILES string of the molecule is C#Cc1cccc(F)c1CC(=O)N=C=S. The van der Waals surface area contributed by atoms with E-state index in [4.69, 9.17) is 6.42 Å². The smallest absolute Gasteiger partial charge is 0.259 e. The Morgan fingerprint density at radius 3 is 2.93 bits per heavy atom. The molecule has 0 radical (unpaired) electrons. The van der Waals surface area contributed by atoms with E-state index in [-0.39, 0.29) is 12.0 Å². The molecule has 0 bridgehead atoms. The number of nitrogens with zero attached hydrogens (tertiary/aromatic N) is 1. The molecule has 1 aromatic rings. The normalized spacial score (nSPS) is 8.80. The first-order valence-corrected chi connectivity index (χ1v) is 4.44. The summed E-state index contributed by atoms with van der Waals surface area (Å²) in [5.74, 6) is 1.22. The lowest BCUT2D eigenvalue weighted by atomic mass is 10.0. The molecule has 2 nitrogen and oxygen atoms in total. The maximum atomic E-state index is 13.3. The van der Waals surface area contributed by atoms with Crippen molar-refractivity contribution in [1.82, 2.24) is 0 Å². The molecular formula is C11H6FNOS. The Morgan fingerprint density at radius 1 is 1.60 bits per heavy atom. The Labute approximate surface area is 91.8 Å². The van der Waals surface area contributed by atoms with Gasteiger partial charge in [-0.25, -0.2) is 4.39 Å². The Morgan fingerprint density at radius 2 is 2.33 bits per heavy atom. The molecule has 0 saturated heterocycles. The van der Waals surface area contributed by atoms with Crippen molar-refractivity contribution in [3.63, 3.8) is 0 Å². The van der Waals surface area contributed by atoms with Gasteiger partial charge in [-0.15, -0.1) is 6.42 Å². The van der Waals surface area contributed by atoms with Crippen LogP contribution in [0, 0.1) is 18.2 Å².